The number of aromatic nitrogens is 2. The molecule has 3 aromatic carbocycles. The van der Waals surface area contributed by atoms with Crippen LogP contribution < -0.4 is 10.9 Å². The van der Waals surface area contributed by atoms with E-state index in [1.54, 1.807) is 37.3 Å². The van der Waals surface area contributed by atoms with Crippen LogP contribution in [0.3, 0.4) is 0 Å². The van der Waals surface area contributed by atoms with Crippen LogP contribution in [-0.2, 0) is 16.1 Å². The fourth-order valence-corrected chi connectivity index (χ4v) is 3.37. The van der Waals surface area contributed by atoms with Crippen molar-refractivity contribution in [1.82, 2.24) is 9.78 Å². The summed E-state index contributed by atoms with van der Waals surface area (Å²) in [7, 11) is 0. The molecule has 160 valence electrons. The van der Waals surface area contributed by atoms with E-state index in [9.17, 15) is 14.4 Å². The van der Waals surface area contributed by atoms with Crippen molar-refractivity contribution in [3.63, 3.8) is 0 Å². The minimum atomic E-state index is -0.531. The molecule has 0 spiro atoms. The molecule has 7 nitrogen and oxygen atoms in total. The van der Waals surface area contributed by atoms with Crippen LogP contribution in [0, 0.1) is 0 Å². The van der Waals surface area contributed by atoms with Gasteiger partial charge in [-0.15, -0.1) is 0 Å². The van der Waals surface area contributed by atoms with Crippen molar-refractivity contribution in [2.45, 2.75) is 13.5 Å². The van der Waals surface area contributed by atoms with E-state index in [2.05, 4.69) is 10.4 Å². The minimum Gasteiger partial charge on any atom is -0.462 e. The molecule has 0 unspecified atom stereocenters. The number of carbonyl (C=O) groups excluding carboxylic acids is 2. The van der Waals surface area contributed by atoms with Crippen LogP contribution in [0.15, 0.2) is 83.7 Å². The summed E-state index contributed by atoms with van der Waals surface area (Å²) in [4.78, 5) is 37.0. The lowest BCUT2D eigenvalue weighted by atomic mass is 10.1. The summed E-state index contributed by atoms with van der Waals surface area (Å²) < 4.78 is 6.13. The molecule has 4 aromatic rings. The van der Waals surface area contributed by atoms with Crippen LogP contribution in [0.5, 0.6) is 0 Å². The molecule has 1 aromatic heterocycles. The Morgan fingerprint density at radius 1 is 0.938 bits per heavy atom. The Balaban J connectivity index is 1.57. The van der Waals surface area contributed by atoms with Crippen LogP contribution in [0.25, 0.3) is 22.0 Å². The van der Waals surface area contributed by atoms with Crippen LogP contribution in [0.4, 0.5) is 5.69 Å². The topological polar surface area (TPSA) is 90.3 Å². The summed E-state index contributed by atoms with van der Waals surface area (Å²) in [6.07, 6.45) is 0. The van der Waals surface area contributed by atoms with Gasteiger partial charge in [0, 0.05) is 11.6 Å². The second-order valence-electron chi connectivity index (χ2n) is 7.09. The number of fused-ring (bicyclic) bond motifs is 1. The van der Waals surface area contributed by atoms with Crippen molar-refractivity contribution in [3.8, 4) is 11.3 Å². The summed E-state index contributed by atoms with van der Waals surface area (Å²) in [6.45, 7) is 1.64. The van der Waals surface area contributed by atoms with Crippen molar-refractivity contribution in [2.24, 2.45) is 0 Å². The highest BCUT2D eigenvalue weighted by atomic mass is 16.5. The van der Waals surface area contributed by atoms with Gasteiger partial charge in [0.1, 0.15) is 6.54 Å². The van der Waals surface area contributed by atoms with Crippen LogP contribution in [0.1, 0.15) is 17.3 Å². The number of amides is 1. The Bertz CT molecular complexity index is 1360. The summed E-state index contributed by atoms with van der Waals surface area (Å²) in [5.41, 5.74) is 1.58. The maximum Gasteiger partial charge on any atom is 0.340 e. The zero-order valence-corrected chi connectivity index (χ0v) is 17.4. The van der Waals surface area contributed by atoms with Crippen molar-refractivity contribution in [2.75, 3.05) is 11.9 Å². The van der Waals surface area contributed by atoms with Crippen molar-refractivity contribution >= 4 is 28.3 Å². The van der Waals surface area contributed by atoms with Gasteiger partial charge in [-0.1, -0.05) is 48.5 Å². The Labute approximate surface area is 184 Å². The van der Waals surface area contributed by atoms with Gasteiger partial charge in [-0.3, -0.25) is 9.59 Å². The minimum absolute atomic E-state index is 0.224. The molecule has 0 aliphatic carbocycles. The Kier molecular flexibility index (Phi) is 6.07. The third-order valence-electron chi connectivity index (χ3n) is 4.90. The van der Waals surface area contributed by atoms with E-state index >= 15 is 0 Å². The molecule has 0 aliphatic heterocycles. The molecule has 0 saturated heterocycles. The van der Waals surface area contributed by atoms with E-state index in [-0.39, 0.29) is 18.7 Å². The average Bonchev–Trinajstić information content (AvgIpc) is 2.80. The normalized spacial score (nSPS) is 10.7. The number of rotatable bonds is 6. The van der Waals surface area contributed by atoms with Gasteiger partial charge in [-0.05, 0) is 42.0 Å². The summed E-state index contributed by atoms with van der Waals surface area (Å²) >= 11 is 0. The number of benzene rings is 3. The highest BCUT2D eigenvalue weighted by Gasteiger charge is 2.15. The van der Waals surface area contributed by atoms with Crippen LogP contribution >= 0.6 is 0 Å². The monoisotopic (exact) mass is 427 g/mol. The first-order chi connectivity index (χ1) is 15.5. The summed E-state index contributed by atoms with van der Waals surface area (Å²) in [5, 5.41) is 9.19. The number of hydrogen-bond acceptors (Lipinski definition) is 5. The summed E-state index contributed by atoms with van der Waals surface area (Å²) in [6, 6.07) is 23.4. The SMILES string of the molecule is CCOC(=O)c1ccccc1NC(=O)Cn1nc(-c2ccc3ccccc3c2)ccc1=O. The van der Waals surface area contributed by atoms with Gasteiger partial charge >= 0.3 is 5.97 Å². The smallest absolute Gasteiger partial charge is 0.340 e. The van der Waals surface area contributed by atoms with Gasteiger partial charge < -0.3 is 10.1 Å². The first-order valence-corrected chi connectivity index (χ1v) is 10.2. The quantitative estimate of drug-likeness (QED) is 0.472. The number of carbonyl (C=O) groups is 2. The Morgan fingerprint density at radius 2 is 1.69 bits per heavy atom. The predicted molar refractivity (Wildman–Crippen MR) is 122 cm³/mol. The molecule has 0 bridgehead atoms. The first kappa shape index (κ1) is 21.0. The van der Waals surface area contributed by atoms with Crippen molar-refractivity contribution < 1.29 is 14.3 Å². The molecular formula is C25H21N3O4. The average molecular weight is 427 g/mol. The standard InChI is InChI=1S/C25H21N3O4/c1-2-32-25(31)20-9-5-6-10-22(20)26-23(29)16-28-24(30)14-13-21(27-28)19-12-11-17-7-3-4-8-18(17)15-19/h3-15H,2,16H2,1H3,(H,26,29). The fourth-order valence-electron chi connectivity index (χ4n) is 3.37. The maximum absolute atomic E-state index is 12.6. The zero-order chi connectivity index (χ0) is 22.5. The largest absolute Gasteiger partial charge is 0.462 e. The molecule has 32 heavy (non-hydrogen) atoms. The summed E-state index contributed by atoms with van der Waals surface area (Å²) in [5.74, 6) is -1.01. The van der Waals surface area contributed by atoms with E-state index < -0.39 is 17.4 Å². The van der Waals surface area contributed by atoms with E-state index in [1.807, 2.05) is 42.5 Å². The molecule has 0 aliphatic rings. The highest BCUT2D eigenvalue weighted by molar-refractivity contribution is 6.01. The number of anilines is 1. The lowest BCUT2D eigenvalue weighted by Gasteiger charge is -2.11. The second kappa shape index (κ2) is 9.26. The van der Waals surface area contributed by atoms with E-state index in [4.69, 9.17) is 4.74 Å². The number of hydrogen-bond donors (Lipinski definition) is 1. The Hall–Kier alpha value is -4.26. The van der Waals surface area contributed by atoms with Gasteiger partial charge in [0.15, 0.2) is 0 Å². The van der Waals surface area contributed by atoms with Crippen LogP contribution in [0.2, 0.25) is 0 Å². The predicted octanol–water partition coefficient (Wildman–Crippen LogP) is 3.88. The zero-order valence-electron chi connectivity index (χ0n) is 17.4. The van der Waals surface area contributed by atoms with Crippen molar-refractivity contribution in [3.05, 3.63) is 94.8 Å². The van der Waals surface area contributed by atoms with Gasteiger partial charge in [0.05, 0.1) is 23.6 Å². The molecule has 0 atom stereocenters. The first-order valence-electron chi connectivity index (χ1n) is 10.2. The van der Waals surface area contributed by atoms with Gasteiger partial charge in [-0.2, -0.15) is 5.10 Å². The van der Waals surface area contributed by atoms with Gasteiger partial charge in [0.25, 0.3) is 5.56 Å². The third kappa shape index (κ3) is 4.57. The van der Waals surface area contributed by atoms with E-state index in [0.717, 1.165) is 21.0 Å². The number of para-hydroxylation sites is 1. The molecule has 7 heteroatoms. The molecule has 1 amide bonds. The van der Waals surface area contributed by atoms with Gasteiger partial charge in [-0.25, -0.2) is 9.48 Å². The molecule has 0 radical (unpaired) electrons. The number of nitrogens with zero attached hydrogens (tertiary/aromatic N) is 2. The maximum atomic E-state index is 12.6. The Morgan fingerprint density at radius 3 is 2.50 bits per heavy atom. The fraction of sp³-hybridized carbons (Fsp3) is 0.120. The number of nitrogens with one attached hydrogen (secondary N) is 1. The lowest BCUT2D eigenvalue weighted by molar-refractivity contribution is -0.117. The molecule has 1 heterocycles. The van der Waals surface area contributed by atoms with Crippen LogP contribution in [-0.4, -0.2) is 28.3 Å². The number of ether oxygens (including phenoxy) is 1. The van der Waals surface area contributed by atoms with Crippen molar-refractivity contribution in [1.29, 1.82) is 0 Å². The molecule has 0 fully saturated rings. The molecule has 1 N–H and O–H groups in total. The van der Waals surface area contributed by atoms with Gasteiger partial charge in [0.2, 0.25) is 5.91 Å². The highest BCUT2D eigenvalue weighted by Crippen LogP contribution is 2.22. The molecular weight excluding hydrogens is 406 g/mol. The number of esters is 1. The molecule has 0 saturated carbocycles. The van der Waals surface area contributed by atoms with E-state index in [0.29, 0.717) is 11.4 Å². The van der Waals surface area contributed by atoms with E-state index in [1.165, 1.54) is 6.07 Å². The lowest BCUT2D eigenvalue weighted by Crippen LogP contribution is -2.29. The molecule has 4 rings (SSSR count). The third-order valence-corrected chi connectivity index (χ3v) is 4.90. The second-order valence-corrected chi connectivity index (χ2v) is 7.09.